The number of rotatable bonds is 5. The summed E-state index contributed by atoms with van der Waals surface area (Å²) in [6, 6.07) is 11.7. The molecule has 0 N–H and O–H groups in total. The number of aromatic nitrogens is 2. The molecule has 1 unspecified atom stereocenters. The molecule has 2 amide bonds. The molecular formula is C43H52ClN5O6S3. The summed E-state index contributed by atoms with van der Waals surface area (Å²) in [4.78, 5) is 34.1. The van der Waals surface area contributed by atoms with Gasteiger partial charge in [-0.05, 0) is 116 Å². The van der Waals surface area contributed by atoms with E-state index in [9.17, 15) is 13.8 Å². The number of halogens is 1. The van der Waals surface area contributed by atoms with E-state index < -0.39 is 27.1 Å². The second kappa shape index (κ2) is 17.0. The first-order chi connectivity index (χ1) is 27.9. The van der Waals surface area contributed by atoms with Crippen LogP contribution in [0.2, 0.25) is 5.02 Å². The zero-order valence-electron chi connectivity index (χ0n) is 33.6. The first-order valence-electron chi connectivity index (χ1n) is 20.2. The number of carbonyl (C=O) groups excluding carboxylic acids is 2. The molecule has 2 aromatic carbocycles. The molecule has 4 heterocycles. The fourth-order valence-electron chi connectivity index (χ4n) is 9.58. The third-order valence-electron chi connectivity index (χ3n) is 12.5. The molecule has 11 nitrogen and oxygen atoms in total. The van der Waals surface area contributed by atoms with Gasteiger partial charge in [-0.1, -0.05) is 36.7 Å². The summed E-state index contributed by atoms with van der Waals surface area (Å²) >= 11 is 10.5. The van der Waals surface area contributed by atoms with Crippen molar-refractivity contribution in [2.24, 2.45) is 34.2 Å². The van der Waals surface area contributed by atoms with Crippen LogP contribution in [-0.4, -0.2) is 92.7 Å². The molecule has 15 heteroatoms. The van der Waals surface area contributed by atoms with Crippen LogP contribution in [0.1, 0.15) is 77.3 Å². The molecule has 5 aliphatic rings. The number of nitrogens with zero attached hydrogens (tertiary/aromatic N) is 5. The van der Waals surface area contributed by atoms with Crippen LogP contribution >= 0.6 is 35.1 Å². The Hall–Kier alpha value is -3.30. The van der Waals surface area contributed by atoms with E-state index in [1.807, 2.05) is 55.8 Å². The number of hydrogen-bond acceptors (Lipinski definition) is 10. The Morgan fingerprint density at radius 1 is 1.14 bits per heavy atom. The van der Waals surface area contributed by atoms with Gasteiger partial charge in [-0.2, -0.15) is 4.36 Å². The molecule has 2 aliphatic carbocycles. The van der Waals surface area contributed by atoms with Gasteiger partial charge in [0.05, 0.1) is 33.7 Å². The summed E-state index contributed by atoms with van der Waals surface area (Å²) in [7, 11) is 1.47. The monoisotopic (exact) mass is 865 g/mol. The van der Waals surface area contributed by atoms with Crippen molar-refractivity contribution in [2.45, 2.75) is 67.5 Å². The summed E-state index contributed by atoms with van der Waals surface area (Å²) in [6.07, 6.45) is 12.8. The van der Waals surface area contributed by atoms with Crippen molar-refractivity contribution in [2.75, 3.05) is 56.1 Å². The van der Waals surface area contributed by atoms with Gasteiger partial charge in [-0.25, -0.2) is 9.20 Å². The van der Waals surface area contributed by atoms with Crippen LogP contribution in [0.25, 0.3) is 0 Å². The molecule has 6 atom stereocenters. The lowest BCUT2D eigenvalue weighted by Gasteiger charge is -2.53. The lowest BCUT2D eigenvalue weighted by molar-refractivity contribution is -0.0638. The number of amides is 2. The topological polar surface area (TPSA) is 125 Å². The van der Waals surface area contributed by atoms with Crippen molar-refractivity contribution in [3.05, 3.63) is 82.0 Å². The number of hydrogen-bond donors (Lipinski definition) is 0. The predicted molar refractivity (Wildman–Crippen MR) is 235 cm³/mol. The molecule has 3 aromatic rings. The SMILES string of the molecule is COc1nn(C)cc1C(=O)/N=C/S1(=O)=NC(=O)c2ccc3c(c2)N(C[C@@H]2CC[C@H]2[C@@](OC)(C2SCCCS2)/C=C/C[C@H](C)C1)C[C@@]1(CCCc2cc(Cl)ccc21)CO3. The van der Waals surface area contributed by atoms with Crippen LogP contribution < -0.4 is 14.4 Å². The molecule has 8 rings (SSSR count). The van der Waals surface area contributed by atoms with Crippen LogP contribution in [-0.2, 0) is 33.3 Å². The summed E-state index contributed by atoms with van der Waals surface area (Å²) in [5.74, 6) is 2.14. The molecule has 0 radical (unpaired) electrons. The fraction of sp³-hybridized carbons (Fsp3) is 0.535. The van der Waals surface area contributed by atoms with Crippen LogP contribution in [0.15, 0.2) is 64.1 Å². The number of methoxy groups -OCH3 is 2. The Bertz CT molecular complexity index is 2250. The van der Waals surface area contributed by atoms with Crippen LogP contribution in [0.5, 0.6) is 11.6 Å². The van der Waals surface area contributed by atoms with Crippen LogP contribution in [0, 0.1) is 17.8 Å². The maximum Gasteiger partial charge on any atom is 0.285 e. The van der Waals surface area contributed by atoms with Gasteiger partial charge in [0.1, 0.15) is 22.5 Å². The highest BCUT2D eigenvalue weighted by atomic mass is 35.5. The summed E-state index contributed by atoms with van der Waals surface area (Å²) in [5.41, 5.74) is 4.05. The number of ether oxygens (including phenoxy) is 3. The minimum absolute atomic E-state index is 0.0229. The standard InChI is InChI=1S/C43H52ClN5O6S3/c1-28-8-5-17-43(54-4,41-56-18-7-19-57-41)35-13-10-31(35)22-49-25-42(16-6-9-29-20-32(44)12-14-34(29)42)26-55-37-15-11-30(21-36(37)49)38(50)47-58(52,24-28)27-45-39(51)33-23-48(2)46-40(33)53-3/h5,11-12,14-15,17,20-21,23,27-28,31,35,41H,6-10,13,16,18-19,22,24-26H2,1-4H3/b17-5+,45-27+/t28-,31-,35+,42-,43+,58?/m0/s1. The van der Waals surface area contributed by atoms with Gasteiger partial charge >= 0.3 is 0 Å². The highest BCUT2D eigenvalue weighted by Gasteiger charge is 2.53. The third-order valence-corrected chi connectivity index (χ3v) is 17.9. The van der Waals surface area contributed by atoms with E-state index in [0.29, 0.717) is 36.8 Å². The number of aryl methyl sites for hydroxylation is 2. The van der Waals surface area contributed by atoms with Gasteiger partial charge in [0.25, 0.3) is 11.8 Å². The maximum atomic E-state index is 14.8. The zero-order chi connectivity index (χ0) is 40.7. The number of fused-ring (bicyclic) bond motifs is 4. The van der Waals surface area contributed by atoms with Crippen molar-refractivity contribution in [3.63, 3.8) is 0 Å². The van der Waals surface area contributed by atoms with Gasteiger partial charge in [0, 0.05) is 55.2 Å². The van der Waals surface area contributed by atoms with E-state index in [0.717, 1.165) is 66.4 Å². The zero-order valence-corrected chi connectivity index (χ0v) is 36.8. The van der Waals surface area contributed by atoms with Crippen LogP contribution in [0.4, 0.5) is 5.69 Å². The number of anilines is 1. The highest BCUT2D eigenvalue weighted by Crippen LogP contribution is 2.54. The molecule has 2 fully saturated rings. The molecule has 310 valence electrons. The molecule has 1 aromatic heterocycles. The van der Waals surface area contributed by atoms with E-state index in [1.165, 1.54) is 35.5 Å². The van der Waals surface area contributed by atoms with E-state index in [-0.39, 0.29) is 39.0 Å². The van der Waals surface area contributed by atoms with Gasteiger partial charge in [0.15, 0.2) is 0 Å². The average molecular weight is 867 g/mol. The Labute approximate surface area is 355 Å². The van der Waals surface area contributed by atoms with Gasteiger partial charge in [0.2, 0.25) is 5.88 Å². The minimum Gasteiger partial charge on any atom is -0.490 e. The lowest BCUT2D eigenvalue weighted by Crippen LogP contribution is -2.56. The van der Waals surface area contributed by atoms with Crippen molar-refractivity contribution in [3.8, 4) is 11.6 Å². The van der Waals surface area contributed by atoms with Crippen molar-refractivity contribution in [1.82, 2.24) is 9.78 Å². The number of thioether (sulfide) groups is 2. The second-order valence-corrected chi connectivity index (χ2v) is 21.7. The molecule has 1 saturated heterocycles. The van der Waals surface area contributed by atoms with E-state index in [4.69, 9.17) is 25.8 Å². The molecule has 1 saturated carbocycles. The number of carbonyl (C=O) groups is 2. The lowest BCUT2D eigenvalue weighted by atomic mass is 9.64. The Morgan fingerprint density at radius 2 is 1.97 bits per heavy atom. The molecule has 2 bridgehead atoms. The Balaban J connectivity index is 1.24. The molecular weight excluding hydrogens is 814 g/mol. The predicted octanol–water partition coefficient (Wildman–Crippen LogP) is 8.24. The van der Waals surface area contributed by atoms with Gasteiger partial charge in [-0.3, -0.25) is 14.3 Å². The largest absolute Gasteiger partial charge is 0.490 e. The first-order valence-corrected chi connectivity index (χ1v) is 24.4. The summed E-state index contributed by atoms with van der Waals surface area (Å²) in [5, 5.41) is 4.89. The highest BCUT2D eigenvalue weighted by molar-refractivity contribution is 8.17. The van der Waals surface area contributed by atoms with E-state index >= 15 is 0 Å². The summed E-state index contributed by atoms with van der Waals surface area (Å²) < 4.78 is 39.6. The first kappa shape index (κ1) is 41.4. The third kappa shape index (κ3) is 8.12. The molecule has 1 spiro atoms. The van der Waals surface area contributed by atoms with Gasteiger partial charge in [-0.15, -0.1) is 28.6 Å². The Kier molecular flexibility index (Phi) is 12.1. The Morgan fingerprint density at radius 3 is 2.72 bits per heavy atom. The number of allylic oxidation sites excluding steroid dienone is 1. The number of aliphatic imine (C=N–C) groups is 1. The van der Waals surface area contributed by atoms with E-state index in [2.05, 4.69) is 43.6 Å². The van der Waals surface area contributed by atoms with Crippen molar-refractivity contribution >= 4 is 67.9 Å². The summed E-state index contributed by atoms with van der Waals surface area (Å²) in [6.45, 7) is 3.95. The van der Waals surface area contributed by atoms with Crippen molar-refractivity contribution in [1.29, 1.82) is 0 Å². The van der Waals surface area contributed by atoms with E-state index in [1.54, 1.807) is 13.1 Å². The average Bonchev–Trinajstić information content (AvgIpc) is 3.52. The quantitative estimate of drug-likeness (QED) is 0.141. The normalized spacial score (nSPS) is 31.0. The smallest absolute Gasteiger partial charge is 0.285 e. The molecule has 58 heavy (non-hydrogen) atoms. The number of benzene rings is 2. The maximum absolute atomic E-state index is 14.8. The van der Waals surface area contributed by atoms with Crippen molar-refractivity contribution < 1.29 is 28.0 Å². The fourth-order valence-corrected chi connectivity index (χ4v) is 15.0. The second-order valence-electron chi connectivity index (χ2n) is 16.5. The van der Waals surface area contributed by atoms with Crippen LogP contribution in [0.3, 0.4) is 0 Å². The molecule has 3 aliphatic heterocycles. The van der Waals surface area contributed by atoms with Gasteiger partial charge < -0.3 is 19.1 Å². The minimum atomic E-state index is -3.48.